The van der Waals surface area contributed by atoms with Crippen LogP contribution in [0.5, 0.6) is 11.5 Å². The van der Waals surface area contributed by atoms with Gasteiger partial charge in [-0.25, -0.2) is 0 Å². The topological polar surface area (TPSA) is 67.9 Å². The van der Waals surface area contributed by atoms with Crippen molar-refractivity contribution in [3.8, 4) is 11.5 Å². The average Bonchev–Trinajstić information content (AvgIpc) is 2.97. The van der Waals surface area contributed by atoms with Crippen molar-refractivity contribution in [1.29, 1.82) is 0 Å². The quantitative estimate of drug-likeness (QED) is 0.614. The largest absolute Gasteiger partial charge is 0.493 e. The second-order valence-electron chi connectivity index (χ2n) is 5.99. The molecule has 3 rings (SSSR count). The number of likely N-dealkylation sites (tertiary alicyclic amines) is 1. The Morgan fingerprint density at radius 1 is 1.31 bits per heavy atom. The first-order chi connectivity index (χ1) is 12.6. The van der Waals surface area contributed by atoms with E-state index in [1.165, 1.54) is 25.3 Å². The molecule has 0 saturated carbocycles. The molecule has 0 aliphatic carbocycles. The fourth-order valence-electron chi connectivity index (χ4n) is 2.84. The Morgan fingerprint density at radius 3 is 2.73 bits per heavy atom. The van der Waals surface area contributed by atoms with Crippen molar-refractivity contribution in [3.63, 3.8) is 0 Å². The number of benzene rings is 1. The van der Waals surface area contributed by atoms with E-state index in [9.17, 15) is 9.59 Å². The van der Waals surface area contributed by atoms with Crippen LogP contribution < -0.4 is 14.8 Å². The third-order valence-corrected chi connectivity index (χ3v) is 5.35. The number of amides is 2. The standard InChI is InChI=1S/C18H20N2O4S2/c1-23-14-9-12(10-15-17(22)19-18(25)26-15)5-6-13(14)24-11-16(21)20-7-3-2-4-8-20/h5-6,9-10H,2-4,7-8,11H2,1H3,(H,19,22,25)/b15-10+. The fraction of sp³-hybridized carbons (Fsp3) is 0.389. The number of piperidine rings is 1. The molecule has 2 heterocycles. The SMILES string of the molecule is COc1cc(/C=C2/SC(=S)NC2=O)ccc1OCC(=O)N1CCCCC1. The van der Waals surface area contributed by atoms with Gasteiger partial charge in [0.2, 0.25) is 0 Å². The molecule has 0 unspecified atom stereocenters. The second kappa shape index (κ2) is 8.55. The molecule has 2 aliphatic rings. The van der Waals surface area contributed by atoms with Crippen molar-refractivity contribution in [1.82, 2.24) is 10.2 Å². The lowest BCUT2D eigenvalue weighted by Crippen LogP contribution is -2.38. The van der Waals surface area contributed by atoms with E-state index in [-0.39, 0.29) is 18.4 Å². The molecule has 0 bridgehead atoms. The van der Waals surface area contributed by atoms with Crippen molar-refractivity contribution in [2.45, 2.75) is 19.3 Å². The van der Waals surface area contributed by atoms with Crippen molar-refractivity contribution in [2.75, 3.05) is 26.8 Å². The molecule has 8 heteroatoms. The number of hydrogen-bond acceptors (Lipinski definition) is 6. The predicted molar refractivity (Wildman–Crippen MR) is 105 cm³/mol. The zero-order valence-corrected chi connectivity index (χ0v) is 16.1. The van der Waals surface area contributed by atoms with Crippen molar-refractivity contribution in [2.24, 2.45) is 0 Å². The van der Waals surface area contributed by atoms with Gasteiger partial charge in [0.15, 0.2) is 18.1 Å². The Labute approximate surface area is 161 Å². The molecule has 138 valence electrons. The van der Waals surface area contributed by atoms with Crippen LogP contribution in [0.25, 0.3) is 6.08 Å². The third kappa shape index (κ3) is 4.56. The van der Waals surface area contributed by atoms with Gasteiger partial charge >= 0.3 is 0 Å². The first-order valence-electron chi connectivity index (χ1n) is 8.40. The number of nitrogens with zero attached hydrogens (tertiary/aromatic N) is 1. The van der Waals surface area contributed by atoms with Gasteiger partial charge in [-0.15, -0.1) is 0 Å². The molecule has 0 atom stereocenters. The highest BCUT2D eigenvalue weighted by atomic mass is 32.2. The number of thioether (sulfide) groups is 1. The summed E-state index contributed by atoms with van der Waals surface area (Å²) in [6, 6.07) is 5.32. The van der Waals surface area contributed by atoms with Gasteiger partial charge in [0.05, 0.1) is 12.0 Å². The van der Waals surface area contributed by atoms with Crippen molar-refractivity contribution >= 4 is 46.2 Å². The maximum absolute atomic E-state index is 12.2. The monoisotopic (exact) mass is 392 g/mol. The molecule has 1 aromatic carbocycles. The fourth-order valence-corrected chi connectivity index (χ4v) is 3.88. The summed E-state index contributed by atoms with van der Waals surface area (Å²) >= 11 is 6.21. The summed E-state index contributed by atoms with van der Waals surface area (Å²) in [6.45, 7) is 1.59. The number of hydrogen-bond donors (Lipinski definition) is 1. The van der Waals surface area contributed by atoms with Crippen LogP contribution >= 0.6 is 24.0 Å². The molecule has 0 radical (unpaired) electrons. The lowest BCUT2D eigenvalue weighted by atomic mass is 10.1. The smallest absolute Gasteiger partial charge is 0.263 e. The molecular weight excluding hydrogens is 372 g/mol. The highest BCUT2D eigenvalue weighted by Gasteiger charge is 2.22. The van der Waals surface area contributed by atoms with Gasteiger partial charge in [-0.3, -0.25) is 9.59 Å². The van der Waals surface area contributed by atoms with Crippen LogP contribution in [0.1, 0.15) is 24.8 Å². The molecule has 0 aromatic heterocycles. The molecule has 2 amide bonds. The first-order valence-corrected chi connectivity index (χ1v) is 9.63. The molecular formula is C18H20N2O4S2. The minimum atomic E-state index is -0.202. The van der Waals surface area contributed by atoms with Crippen molar-refractivity contribution in [3.05, 3.63) is 28.7 Å². The molecule has 26 heavy (non-hydrogen) atoms. The van der Waals surface area contributed by atoms with E-state index in [1.54, 1.807) is 18.2 Å². The van der Waals surface area contributed by atoms with Gasteiger partial charge < -0.3 is 19.7 Å². The molecule has 2 fully saturated rings. The Morgan fingerprint density at radius 2 is 2.08 bits per heavy atom. The van der Waals surface area contributed by atoms with Crippen LogP contribution in [0.15, 0.2) is 23.1 Å². The first kappa shape index (κ1) is 18.7. The number of carbonyl (C=O) groups is 2. The summed E-state index contributed by atoms with van der Waals surface area (Å²) in [5.41, 5.74) is 0.791. The molecule has 1 aromatic rings. The highest BCUT2D eigenvalue weighted by molar-refractivity contribution is 8.26. The van der Waals surface area contributed by atoms with Crippen LogP contribution in [0.3, 0.4) is 0 Å². The molecule has 1 N–H and O–H groups in total. The Balaban J connectivity index is 1.67. The van der Waals surface area contributed by atoms with E-state index in [0.717, 1.165) is 31.5 Å². The Bertz CT molecular complexity index is 758. The number of ether oxygens (including phenoxy) is 2. The lowest BCUT2D eigenvalue weighted by Gasteiger charge is -2.26. The normalized spacial score (nSPS) is 18.8. The maximum atomic E-state index is 12.2. The van der Waals surface area contributed by atoms with Gasteiger partial charge in [-0.1, -0.05) is 30.0 Å². The summed E-state index contributed by atoms with van der Waals surface area (Å²) in [5.74, 6) is 0.799. The third-order valence-electron chi connectivity index (χ3n) is 4.19. The van der Waals surface area contributed by atoms with E-state index >= 15 is 0 Å². The van der Waals surface area contributed by atoms with E-state index in [0.29, 0.717) is 20.7 Å². The Hall–Kier alpha value is -2.06. The highest BCUT2D eigenvalue weighted by Crippen LogP contribution is 2.31. The zero-order chi connectivity index (χ0) is 18.5. The second-order valence-corrected chi connectivity index (χ2v) is 7.71. The van der Waals surface area contributed by atoms with Crippen LogP contribution in [0.2, 0.25) is 0 Å². The molecule has 6 nitrogen and oxygen atoms in total. The van der Waals surface area contributed by atoms with Crippen LogP contribution in [0.4, 0.5) is 0 Å². The van der Waals surface area contributed by atoms with E-state index in [1.807, 2.05) is 11.0 Å². The van der Waals surface area contributed by atoms with Gasteiger partial charge in [-0.05, 0) is 43.0 Å². The summed E-state index contributed by atoms with van der Waals surface area (Å²) < 4.78 is 11.5. The summed E-state index contributed by atoms with van der Waals surface area (Å²) in [5, 5.41) is 2.58. The predicted octanol–water partition coefficient (Wildman–Crippen LogP) is 2.58. The number of rotatable bonds is 5. The van der Waals surface area contributed by atoms with E-state index < -0.39 is 0 Å². The van der Waals surface area contributed by atoms with Crippen LogP contribution in [-0.4, -0.2) is 47.8 Å². The van der Waals surface area contributed by atoms with Crippen LogP contribution in [0, 0.1) is 0 Å². The molecule has 2 saturated heterocycles. The van der Waals surface area contributed by atoms with Gasteiger partial charge in [0.1, 0.15) is 4.32 Å². The molecule has 0 spiro atoms. The van der Waals surface area contributed by atoms with Gasteiger partial charge in [0.25, 0.3) is 11.8 Å². The summed E-state index contributed by atoms with van der Waals surface area (Å²) in [7, 11) is 1.54. The lowest BCUT2D eigenvalue weighted by molar-refractivity contribution is -0.134. The van der Waals surface area contributed by atoms with Gasteiger partial charge in [0, 0.05) is 13.1 Å². The van der Waals surface area contributed by atoms with Gasteiger partial charge in [-0.2, -0.15) is 0 Å². The number of nitrogens with one attached hydrogen (secondary N) is 1. The van der Waals surface area contributed by atoms with Crippen molar-refractivity contribution < 1.29 is 19.1 Å². The number of methoxy groups -OCH3 is 1. The van der Waals surface area contributed by atoms with Crippen LogP contribution in [-0.2, 0) is 9.59 Å². The number of carbonyl (C=O) groups excluding carboxylic acids is 2. The summed E-state index contributed by atoms with van der Waals surface area (Å²) in [4.78, 5) is 26.4. The zero-order valence-electron chi connectivity index (χ0n) is 14.4. The Kier molecular flexibility index (Phi) is 6.16. The maximum Gasteiger partial charge on any atom is 0.263 e. The van der Waals surface area contributed by atoms with E-state index in [4.69, 9.17) is 21.7 Å². The minimum Gasteiger partial charge on any atom is -0.493 e. The molecule has 2 aliphatic heterocycles. The minimum absolute atomic E-state index is 0.00881. The summed E-state index contributed by atoms with van der Waals surface area (Å²) in [6.07, 6.45) is 5.02. The number of thiocarbonyl (C=S) groups is 1. The average molecular weight is 393 g/mol. The van der Waals surface area contributed by atoms with E-state index in [2.05, 4.69) is 5.32 Å².